The minimum Gasteiger partial charge on any atom is -0.506 e. The summed E-state index contributed by atoms with van der Waals surface area (Å²) in [6.45, 7) is 1.28. The molecule has 0 amide bonds. The van der Waals surface area contributed by atoms with Crippen molar-refractivity contribution in [2.24, 2.45) is 0 Å². The summed E-state index contributed by atoms with van der Waals surface area (Å²) in [4.78, 5) is 2.03. The molecule has 3 heterocycles. The summed E-state index contributed by atoms with van der Waals surface area (Å²) in [5.41, 5.74) is 4.60. The first-order chi connectivity index (χ1) is 15.1. The summed E-state index contributed by atoms with van der Waals surface area (Å²) in [7, 11) is 1.96. The molecular formula is C24H27FN4O2. The van der Waals surface area contributed by atoms with Gasteiger partial charge in [-0.15, -0.1) is 10.2 Å². The fourth-order valence-electron chi connectivity index (χ4n) is 6.03. The molecule has 7 rings (SSSR count). The van der Waals surface area contributed by atoms with Gasteiger partial charge in [-0.2, -0.15) is 0 Å². The molecule has 2 atom stereocenters. The minimum atomic E-state index is -0.825. The second kappa shape index (κ2) is 7.19. The Kier molecular flexibility index (Phi) is 4.42. The van der Waals surface area contributed by atoms with Gasteiger partial charge in [0, 0.05) is 36.7 Å². The number of furan rings is 1. The third kappa shape index (κ3) is 3.09. The van der Waals surface area contributed by atoms with E-state index in [-0.39, 0.29) is 11.8 Å². The van der Waals surface area contributed by atoms with Crippen molar-refractivity contribution >= 4 is 16.8 Å². The molecule has 7 heteroatoms. The van der Waals surface area contributed by atoms with E-state index in [4.69, 9.17) is 4.42 Å². The Bertz CT molecular complexity index is 1130. The molecule has 0 spiro atoms. The topological polar surface area (TPSA) is 74.4 Å². The fraction of sp³-hybridized carbons (Fsp3) is 0.500. The first kappa shape index (κ1) is 19.0. The number of phenolic OH excluding ortho intramolecular Hbond substituents is 1. The van der Waals surface area contributed by atoms with Gasteiger partial charge in [0.15, 0.2) is 5.82 Å². The van der Waals surface area contributed by atoms with Crippen LogP contribution in [0.2, 0.25) is 0 Å². The third-order valence-corrected chi connectivity index (χ3v) is 7.38. The zero-order valence-corrected chi connectivity index (χ0v) is 17.6. The van der Waals surface area contributed by atoms with Crippen LogP contribution in [0.25, 0.3) is 22.2 Å². The maximum absolute atomic E-state index is 14.2. The highest BCUT2D eigenvalue weighted by Gasteiger charge is 2.39. The molecule has 2 N–H and O–H groups in total. The lowest BCUT2D eigenvalue weighted by Crippen LogP contribution is -2.45. The third-order valence-electron chi connectivity index (χ3n) is 7.38. The van der Waals surface area contributed by atoms with Crippen molar-refractivity contribution in [1.82, 2.24) is 15.1 Å². The standard InChI is InChI=1S/C24H27FN4O2/c1-29-11-15(25)10-16(12-29)26-24-21-14-4-2-13(3-5-14)20(21)22(27-28-24)18-6-7-19-17(23(18)30)8-9-31-19/h6-9,13-16,30H,2-5,10-12H2,1H3,(H,26,28)/t13?,14?,15-,16-/m1/s1. The van der Waals surface area contributed by atoms with Crippen LogP contribution in [-0.2, 0) is 0 Å². The number of rotatable bonds is 3. The number of nitrogens with one attached hydrogen (secondary N) is 1. The van der Waals surface area contributed by atoms with Gasteiger partial charge in [-0.25, -0.2) is 4.39 Å². The monoisotopic (exact) mass is 422 g/mol. The Labute approximate surface area is 180 Å². The largest absolute Gasteiger partial charge is 0.506 e. The molecule has 2 aromatic heterocycles. The summed E-state index contributed by atoms with van der Waals surface area (Å²) in [5, 5.41) is 24.4. The first-order valence-corrected chi connectivity index (χ1v) is 11.3. The second-order valence-corrected chi connectivity index (χ2v) is 9.46. The highest BCUT2D eigenvalue weighted by molar-refractivity contribution is 5.92. The molecule has 31 heavy (non-hydrogen) atoms. The summed E-state index contributed by atoms with van der Waals surface area (Å²) in [5.74, 6) is 1.87. The summed E-state index contributed by atoms with van der Waals surface area (Å²) < 4.78 is 19.6. The van der Waals surface area contributed by atoms with Crippen molar-refractivity contribution < 1.29 is 13.9 Å². The van der Waals surface area contributed by atoms with Gasteiger partial charge in [0.1, 0.15) is 23.2 Å². The Hall–Kier alpha value is -2.67. The summed E-state index contributed by atoms with van der Waals surface area (Å²) in [6, 6.07) is 5.56. The summed E-state index contributed by atoms with van der Waals surface area (Å²) >= 11 is 0. The molecule has 2 bridgehead atoms. The zero-order chi connectivity index (χ0) is 21.1. The van der Waals surface area contributed by atoms with Crippen molar-refractivity contribution in [2.75, 3.05) is 25.5 Å². The molecule has 162 valence electrons. The molecule has 1 saturated heterocycles. The quantitative estimate of drug-likeness (QED) is 0.631. The van der Waals surface area contributed by atoms with Crippen LogP contribution >= 0.6 is 0 Å². The van der Waals surface area contributed by atoms with Gasteiger partial charge in [-0.3, -0.25) is 0 Å². The number of fused-ring (bicyclic) bond motifs is 3. The number of likely N-dealkylation sites (N-methyl/N-ethyl adjacent to an activating group) is 1. The van der Waals surface area contributed by atoms with Crippen LogP contribution in [0.1, 0.15) is 55.1 Å². The van der Waals surface area contributed by atoms with Gasteiger partial charge in [-0.1, -0.05) is 0 Å². The fourth-order valence-corrected chi connectivity index (χ4v) is 6.03. The number of nitrogens with zero attached hydrogens (tertiary/aromatic N) is 3. The number of aromatic hydroxyl groups is 1. The van der Waals surface area contributed by atoms with Crippen molar-refractivity contribution in [3.05, 3.63) is 35.6 Å². The van der Waals surface area contributed by atoms with Crippen molar-refractivity contribution in [2.45, 2.75) is 56.2 Å². The maximum atomic E-state index is 14.2. The van der Waals surface area contributed by atoms with Gasteiger partial charge in [0.05, 0.1) is 11.6 Å². The average Bonchev–Trinajstić information content (AvgIpc) is 3.24. The SMILES string of the molecule is CN1C[C@H](F)C[C@@H](Nc2nnc(-c3ccc4occc4c3O)c3c2C2CCC3CC2)C1. The highest BCUT2D eigenvalue weighted by Crippen LogP contribution is 2.54. The molecule has 1 aromatic carbocycles. The highest BCUT2D eigenvalue weighted by atomic mass is 19.1. The van der Waals surface area contributed by atoms with E-state index >= 15 is 0 Å². The van der Waals surface area contributed by atoms with Crippen molar-refractivity contribution in [3.63, 3.8) is 0 Å². The summed E-state index contributed by atoms with van der Waals surface area (Å²) in [6.07, 6.45) is 5.85. The second-order valence-electron chi connectivity index (χ2n) is 9.46. The number of benzene rings is 1. The number of hydrogen-bond donors (Lipinski definition) is 2. The van der Waals surface area contributed by atoms with Gasteiger partial charge in [-0.05, 0) is 68.3 Å². The molecule has 0 unspecified atom stereocenters. The zero-order valence-electron chi connectivity index (χ0n) is 17.6. The van der Waals surface area contributed by atoms with E-state index in [1.54, 1.807) is 12.3 Å². The average molecular weight is 423 g/mol. The van der Waals surface area contributed by atoms with E-state index in [0.717, 1.165) is 43.7 Å². The maximum Gasteiger partial charge on any atom is 0.152 e. The number of aromatic nitrogens is 2. The lowest BCUT2D eigenvalue weighted by atomic mass is 9.66. The van der Waals surface area contributed by atoms with Crippen LogP contribution in [0, 0.1) is 0 Å². The molecule has 4 aliphatic rings. The van der Waals surface area contributed by atoms with E-state index < -0.39 is 6.17 Å². The molecule has 1 saturated carbocycles. The number of piperidine rings is 1. The Balaban J connectivity index is 1.46. The number of hydrogen-bond acceptors (Lipinski definition) is 6. The number of halogens is 1. The molecule has 6 nitrogen and oxygen atoms in total. The van der Waals surface area contributed by atoms with Crippen molar-refractivity contribution in [3.8, 4) is 17.0 Å². The first-order valence-electron chi connectivity index (χ1n) is 11.3. The van der Waals surface area contributed by atoms with Crippen LogP contribution in [-0.4, -0.2) is 52.6 Å². The van der Waals surface area contributed by atoms with E-state index in [9.17, 15) is 9.50 Å². The number of alkyl halides is 1. The van der Waals surface area contributed by atoms with Crippen LogP contribution in [0.5, 0.6) is 5.75 Å². The Morgan fingerprint density at radius 2 is 1.84 bits per heavy atom. The van der Waals surface area contributed by atoms with E-state index in [1.807, 2.05) is 24.1 Å². The van der Waals surface area contributed by atoms with Crippen LogP contribution < -0.4 is 5.32 Å². The smallest absolute Gasteiger partial charge is 0.152 e. The van der Waals surface area contributed by atoms with Crippen LogP contribution in [0.15, 0.2) is 28.9 Å². The van der Waals surface area contributed by atoms with E-state index in [2.05, 4.69) is 15.5 Å². The molecule has 3 aromatic rings. The van der Waals surface area contributed by atoms with Gasteiger partial charge < -0.3 is 19.7 Å². The molecular weight excluding hydrogens is 395 g/mol. The Morgan fingerprint density at radius 1 is 1.06 bits per heavy atom. The molecule has 2 fully saturated rings. The predicted molar refractivity (Wildman–Crippen MR) is 117 cm³/mol. The van der Waals surface area contributed by atoms with Gasteiger partial charge >= 0.3 is 0 Å². The number of anilines is 1. The minimum absolute atomic E-state index is 0.0223. The molecule has 0 radical (unpaired) electrons. The molecule has 3 aliphatic carbocycles. The predicted octanol–water partition coefficient (Wildman–Crippen LogP) is 4.80. The van der Waals surface area contributed by atoms with Crippen LogP contribution in [0.3, 0.4) is 0 Å². The lowest BCUT2D eigenvalue weighted by molar-refractivity contribution is 0.153. The van der Waals surface area contributed by atoms with Crippen molar-refractivity contribution in [1.29, 1.82) is 0 Å². The molecule has 1 aliphatic heterocycles. The number of phenols is 1. The van der Waals surface area contributed by atoms with E-state index in [1.165, 1.54) is 11.1 Å². The van der Waals surface area contributed by atoms with Crippen LogP contribution in [0.4, 0.5) is 10.2 Å². The van der Waals surface area contributed by atoms with Gasteiger partial charge in [0.25, 0.3) is 0 Å². The Morgan fingerprint density at radius 3 is 2.61 bits per heavy atom. The number of likely N-dealkylation sites (tertiary alicyclic amines) is 1. The van der Waals surface area contributed by atoms with Gasteiger partial charge in [0.2, 0.25) is 0 Å². The van der Waals surface area contributed by atoms with E-state index in [0.29, 0.717) is 41.3 Å². The lowest BCUT2D eigenvalue weighted by Gasteiger charge is -2.41. The normalized spacial score (nSPS) is 28.1.